The molecule has 1 amide bonds. The standard InChI is InChI=1S/C10H19NO2/c1-8-4-2-3-5-9(8)13-7-6-10(11)12/h8-9H,2-7H2,1H3,(H2,11,12). The van der Waals surface area contributed by atoms with E-state index in [-0.39, 0.29) is 5.91 Å². The maximum Gasteiger partial charge on any atom is 0.219 e. The van der Waals surface area contributed by atoms with Gasteiger partial charge in [0, 0.05) is 6.42 Å². The molecule has 0 spiro atoms. The lowest BCUT2D eigenvalue weighted by atomic mass is 9.88. The summed E-state index contributed by atoms with van der Waals surface area (Å²) in [6.07, 6.45) is 5.67. The van der Waals surface area contributed by atoms with Crippen molar-refractivity contribution in [2.24, 2.45) is 11.7 Å². The molecule has 2 N–H and O–H groups in total. The number of hydrogen-bond acceptors (Lipinski definition) is 2. The number of carbonyl (C=O) groups excluding carboxylic acids is 1. The van der Waals surface area contributed by atoms with Crippen LogP contribution in [-0.2, 0) is 9.53 Å². The van der Waals surface area contributed by atoms with Crippen LogP contribution in [0.3, 0.4) is 0 Å². The highest BCUT2D eigenvalue weighted by Gasteiger charge is 2.21. The Morgan fingerprint density at radius 2 is 2.15 bits per heavy atom. The van der Waals surface area contributed by atoms with Gasteiger partial charge in [-0.3, -0.25) is 4.79 Å². The van der Waals surface area contributed by atoms with Crippen LogP contribution >= 0.6 is 0 Å². The SMILES string of the molecule is CC1CCCCC1OCCC(N)=O. The Morgan fingerprint density at radius 3 is 2.77 bits per heavy atom. The summed E-state index contributed by atoms with van der Waals surface area (Å²) in [6, 6.07) is 0. The number of amides is 1. The maximum absolute atomic E-state index is 10.5. The van der Waals surface area contributed by atoms with Crippen molar-refractivity contribution in [1.29, 1.82) is 0 Å². The Labute approximate surface area is 79.6 Å². The maximum atomic E-state index is 10.5. The number of rotatable bonds is 4. The lowest BCUT2D eigenvalue weighted by Gasteiger charge is -2.28. The molecule has 13 heavy (non-hydrogen) atoms. The summed E-state index contributed by atoms with van der Waals surface area (Å²) in [4.78, 5) is 10.5. The predicted octanol–water partition coefficient (Wildman–Crippen LogP) is 1.46. The fraction of sp³-hybridized carbons (Fsp3) is 0.900. The smallest absolute Gasteiger partial charge is 0.219 e. The molecule has 2 unspecified atom stereocenters. The van der Waals surface area contributed by atoms with Crippen molar-refractivity contribution in [1.82, 2.24) is 0 Å². The first-order valence-corrected chi connectivity index (χ1v) is 5.10. The summed E-state index contributed by atoms with van der Waals surface area (Å²) in [7, 11) is 0. The van der Waals surface area contributed by atoms with Crippen LogP contribution in [-0.4, -0.2) is 18.6 Å². The van der Waals surface area contributed by atoms with E-state index in [9.17, 15) is 4.79 Å². The number of ether oxygens (including phenoxy) is 1. The molecule has 1 rings (SSSR count). The van der Waals surface area contributed by atoms with E-state index < -0.39 is 0 Å². The van der Waals surface area contributed by atoms with E-state index in [1.807, 2.05) is 0 Å². The van der Waals surface area contributed by atoms with E-state index in [0.29, 0.717) is 25.0 Å². The zero-order chi connectivity index (χ0) is 9.68. The third-order valence-corrected chi connectivity index (χ3v) is 2.71. The fourth-order valence-corrected chi connectivity index (χ4v) is 1.84. The number of nitrogens with two attached hydrogens (primary N) is 1. The van der Waals surface area contributed by atoms with Crippen LogP contribution in [0, 0.1) is 5.92 Å². The van der Waals surface area contributed by atoms with Gasteiger partial charge in [-0.25, -0.2) is 0 Å². The van der Waals surface area contributed by atoms with Gasteiger partial charge >= 0.3 is 0 Å². The van der Waals surface area contributed by atoms with Crippen LogP contribution in [0.1, 0.15) is 39.0 Å². The van der Waals surface area contributed by atoms with Gasteiger partial charge in [0.15, 0.2) is 0 Å². The Balaban J connectivity index is 2.15. The van der Waals surface area contributed by atoms with E-state index in [4.69, 9.17) is 10.5 Å². The number of hydrogen-bond donors (Lipinski definition) is 1. The molecular weight excluding hydrogens is 166 g/mol. The van der Waals surface area contributed by atoms with Crippen LogP contribution < -0.4 is 5.73 Å². The van der Waals surface area contributed by atoms with Gasteiger partial charge in [0.25, 0.3) is 0 Å². The third-order valence-electron chi connectivity index (χ3n) is 2.71. The lowest BCUT2D eigenvalue weighted by molar-refractivity contribution is -0.120. The summed E-state index contributed by atoms with van der Waals surface area (Å²) < 4.78 is 5.61. The minimum absolute atomic E-state index is 0.275. The van der Waals surface area contributed by atoms with E-state index in [1.54, 1.807) is 0 Å². The summed E-state index contributed by atoms with van der Waals surface area (Å²) in [5.74, 6) is 0.366. The van der Waals surface area contributed by atoms with Gasteiger partial charge in [-0.1, -0.05) is 19.8 Å². The molecule has 3 heteroatoms. The molecule has 3 nitrogen and oxygen atoms in total. The monoisotopic (exact) mass is 185 g/mol. The van der Waals surface area contributed by atoms with Gasteiger partial charge in [0.2, 0.25) is 5.91 Å². The molecule has 0 aromatic rings. The molecule has 0 aromatic heterocycles. The largest absolute Gasteiger partial charge is 0.377 e. The highest BCUT2D eigenvalue weighted by Crippen LogP contribution is 2.26. The zero-order valence-corrected chi connectivity index (χ0v) is 8.29. The second-order valence-corrected chi connectivity index (χ2v) is 3.89. The summed E-state index contributed by atoms with van der Waals surface area (Å²) in [5, 5.41) is 0. The van der Waals surface area contributed by atoms with Gasteiger partial charge in [-0.05, 0) is 18.8 Å². The quantitative estimate of drug-likeness (QED) is 0.720. The minimum atomic E-state index is -0.275. The molecule has 1 fully saturated rings. The average Bonchev–Trinajstić information content (AvgIpc) is 2.08. The van der Waals surface area contributed by atoms with Crippen molar-refractivity contribution in [3.63, 3.8) is 0 Å². The van der Waals surface area contributed by atoms with Gasteiger partial charge in [-0.15, -0.1) is 0 Å². The van der Waals surface area contributed by atoms with Crippen molar-refractivity contribution in [3.05, 3.63) is 0 Å². The Morgan fingerprint density at radius 1 is 1.46 bits per heavy atom. The molecule has 0 aliphatic heterocycles. The number of carbonyl (C=O) groups is 1. The van der Waals surface area contributed by atoms with E-state index in [1.165, 1.54) is 19.3 Å². The van der Waals surface area contributed by atoms with Gasteiger partial charge < -0.3 is 10.5 Å². The molecule has 0 radical (unpaired) electrons. The molecule has 0 aromatic carbocycles. The molecule has 1 aliphatic carbocycles. The average molecular weight is 185 g/mol. The first-order valence-electron chi connectivity index (χ1n) is 5.10. The third kappa shape index (κ3) is 3.77. The molecule has 1 aliphatic rings. The van der Waals surface area contributed by atoms with E-state index in [2.05, 4.69) is 6.92 Å². The summed E-state index contributed by atoms with van der Waals surface area (Å²) in [6.45, 7) is 2.71. The highest BCUT2D eigenvalue weighted by atomic mass is 16.5. The summed E-state index contributed by atoms with van der Waals surface area (Å²) in [5.41, 5.74) is 5.02. The van der Waals surface area contributed by atoms with Crippen molar-refractivity contribution in [3.8, 4) is 0 Å². The van der Waals surface area contributed by atoms with Crippen molar-refractivity contribution in [2.75, 3.05) is 6.61 Å². The van der Waals surface area contributed by atoms with Gasteiger partial charge in [0.05, 0.1) is 12.7 Å². The molecule has 0 bridgehead atoms. The second-order valence-electron chi connectivity index (χ2n) is 3.89. The Bertz CT molecular complexity index is 170. The molecule has 0 saturated heterocycles. The van der Waals surface area contributed by atoms with Gasteiger partial charge in [-0.2, -0.15) is 0 Å². The Kier molecular flexibility index (Phi) is 4.22. The number of primary amides is 1. The first-order chi connectivity index (χ1) is 6.20. The zero-order valence-electron chi connectivity index (χ0n) is 8.29. The van der Waals surface area contributed by atoms with Crippen LogP contribution in [0.2, 0.25) is 0 Å². The van der Waals surface area contributed by atoms with Crippen molar-refractivity contribution < 1.29 is 9.53 Å². The van der Waals surface area contributed by atoms with Crippen molar-refractivity contribution >= 4 is 5.91 Å². The predicted molar refractivity (Wildman–Crippen MR) is 51.2 cm³/mol. The lowest BCUT2D eigenvalue weighted by Crippen LogP contribution is -2.27. The summed E-state index contributed by atoms with van der Waals surface area (Å²) >= 11 is 0. The minimum Gasteiger partial charge on any atom is -0.377 e. The van der Waals surface area contributed by atoms with E-state index in [0.717, 1.165) is 6.42 Å². The molecule has 76 valence electrons. The molecule has 2 atom stereocenters. The molecule has 0 heterocycles. The first kappa shape index (κ1) is 10.5. The molecule has 1 saturated carbocycles. The van der Waals surface area contributed by atoms with Crippen molar-refractivity contribution in [2.45, 2.75) is 45.1 Å². The van der Waals surface area contributed by atoms with Gasteiger partial charge in [0.1, 0.15) is 0 Å². The van der Waals surface area contributed by atoms with Crippen LogP contribution in [0.5, 0.6) is 0 Å². The topological polar surface area (TPSA) is 52.3 Å². The highest BCUT2D eigenvalue weighted by molar-refractivity contribution is 5.73. The Hall–Kier alpha value is -0.570. The van der Waals surface area contributed by atoms with Crippen LogP contribution in [0.4, 0.5) is 0 Å². The second kappa shape index (κ2) is 5.22. The normalized spacial score (nSPS) is 28.7. The molecular formula is C10H19NO2. The fourth-order valence-electron chi connectivity index (χ4n) is 1.84. The van der Waals surface area contributed by atoms with Crippen LogP contribution in [0.25, 0.3) is 0 Å². The van der Waals surface area contributed by atoms with E-state index >= 15 is 0 Å². The van der Waals surface area contributed by atoms with Crippen LogP contribution in [0.15, 0.2) is 0 Å².